The van der Waals surface area contributed by atoms with Crippen molar-refractivity contribution >= 4 is 11.6 Å². The third kappa shape index (κ3) is 4.92. The maximum Gasteiger partial charge on any atom is 0.316 e. The van der Waals surface area contributed by atoms with Gasteiger partial charge in [0.25, 0.3) is 0 Å². The number of aromatic hydroxyl groups is 1. The summed E-state index contributed by atoms with van der Waals surface area (Å²) in [4.78, 5) is 13.6. The van der Waals surface area contributed by atoms with E-state index in [4.69, 9.17) is 16.3 Å². The molecule has 2 heterocycles. The maximum atomic E-state index is 13.6. The minimum atomic E-state index is -0.564. The molecule has 0 unspecified atom stereocenters. The average Bonchev–Trinajstić information content (AvgIpc) is 3.35. The first-order chi connectivity index (χ1) is 17.9. The van der Waals surface area contributed by atoms with E-state index in [1.54, 1.807) is 48.5 Å². The van der Waals surface area contributed by atoms with E-state index >= 15 is 0 Å². The second-order valence-corrected chi connectivity index (χ2v) is 8.39. The number of halogens is 2. The van der Waals surface area contributed by atoms with Crippen LogP contribution in [0.1, 0.15) is 5.69 Å². The Morgan fingerprint density at radius 3 is 2.43 bits per heavy atom. The number of benzene rings is 3. The molecule has 0 bridgehead atoms. The minimum Gasteiger partial charge on any atom is -0.507 e. The van der Waals surface area contributed by atoms with Gasteiger partial charge in [0, 0.05) is 29.7 Å². The third-order valence-electron chi connectivity index (χ3n) is 5.55. The van der Waals surface area contributed by atoms with Crippen LogP contribution in [-0.4, -0.2) is 41.6 Å². The van der Waals surface area contributed by atoms with Crippen LogP contribution in [0.5, 0.6) is 17.2 Å². The Labute approximate surface area is 214 Å². The summed E-state index contributed by atoms with van der Waals surface area (Å²) in [7, 11) is 0. The molecule has 2 N–H and O–H groups in total. The number of aliphatic hydroxyl groups excluding tert-OH is 1. The van der Waals surface area contributed by atoms with Gasteiger partial charge in [0.15, 0.2) is 0 Å². The highest BCUT2D eigenvalue weighted by atomic mass is 35.5. The second-order valence-electron chi connectivity index (χ2n) is 7.95. The number of hydrogen-bond donors (Lipinski definition) is 2. The Hall–Kier alpha value is -4.54. The van der Waals surface area contributed by atoms with Gasteiger partial charge >= 0.3 is 5.56 Å². The molecule has 2 aromatic heterocycles. The summed E-state index contributed by atoms with van der Waals surface area (Å²) in [5, 5.41) is 32.2. The monoisotopic (exact) mass is 519 g/mol. The molecular formula is C26H19ClFN5O4. The number of rotatable bonds is 7. The van der Waals surface area contributed by atoms with Crippen molar-refractivity contribution in [1.82, 2.24) is 24.8 Å². The van der Waals surface area contributed by atoms with Gasteiger partial charge in [-0.3, -0.25) is 4.79 Å². The molecule has 0 atom stereocenters. The van der Waals surface area contributed by atoms with Crippen LogP contribution in [-0.2, 0) is 6.42 Å². The summed E-state index contributed by atoms with van der Waals surface area (Å²) in [6, 6.07) is 16.9. The minimum absolute atomic E-state index is 0.0768. The van der Waals surface area contributed by atoms with Crippen molar-refractivity contribution in [2.45, 2.75) is 6.42 Å². The van der Waals surface area contributed by atoms with Crippen LogP contribution in [0.2, 0.25) is 5.02 Å². The molecule has 0 aliphatic heterocycles. The molecule has 0 saturated heterocycles. The van der Waals surface area contributed by atoms with E-state index in [0.717, 1.165) is 6.07 Å². The quantitative estimate of drug-likeness (QED) is 0.329. The van der Waals surface area contributed by atoms with Gasteiger partial charge < -0.3 is 14.9 Å². The highest BCUT2D eigenvalue weighted by Crippen LogP contribution is 2.32. The van der Waals surface area contributed by atoms with Gasteiger partial charge in [-0.2, -0.15) is 9.78 Å². The van der Waals surface area contributed by atoms with E-state index in [2.05, 4.69) is 15.4 Å². The molecule has 5 aromatic rings. The number of nitrogens with zero attached hydrogens (tertiary/aromatic N) is 5. The zero-order chi connectivity index (χ0) is 25.9. The van der Waals surface area contributed by atoms with Gasteiger partial charge in [0.1, 0.15) is 23.0 Å². The van der Waals surface area contributed by atoms with E-state index in [-0.39, 0.29) is 30.2 Å². The summed E-state index contributed by atoms with van der Waals surface area (Å²) in [5.41, 5.74) is 1.77. The summed E-state index contributed by atoms with van der Waals surface area (Å²) in [6.07, 6.45) is 3.16. The lowest BCUT2D eigenvalue weighted by Gasteiger charge is -2.14. The molecule has 5 rings (SSSR count). The number of aromatic nitrogens is 5. The summed E-state index contributed by atoms with van der Waals surface area (Å²) < 4.78 is 22.0. The van der Waals surface area contributed by atoms with Gasteiger partial charge in [-0.05, 0) is 54.1 Å². The molecule has 37 heavy (non-hydrogen) atoms. The lowest BCUT2D eigenvalue weighted by atomic mass is 10.0. The zero-order valence-electron chi connectivity index (χ0n) is 19.1. The highest BCUT2D eigenvalue weighted by Gasteiger charge is 2.20. The van der Waals surface area contributed by atoms with Gasteiger partial charge in [0.2, 0.25) is 5.75 Å². The Balaban J connectivity index is 1.58. The molecule has 9 nitrogen and oxygen atoms in total. The van der Waals surface area contributed by atoms with Crippen molar-refractivity contribution in [3.8, 4) is 39.8 Å². The molecule has 11 heteroatoms. The van der Waals surface area contributed by atoms with Gasteiger partial charge in [-0.25, -0.2) is 9.07 Å². The molecule has 0 spiro atoms. The fraction of sp³-hybridized carbons (Fsp3) is 0.0769. The largest absolute Gasteiger partial charge is 0.507 e. The first kappa shape index (κ1) is 24.2. The summed E-state index contributed by atoms with van der Waals surface area (Å²) >= 11 is 5.99. The number of phenols is 1. The van der Waals surface area contributed by atoms with Gasteiger partial charge in [-0.1, -0.05) is 28.9 Å². The van der Waals surface area contributed by atoms with Crippen LogP contribution in [0, 0.1) is 5.82 Å². The fourth-order valence-electron chi connectivity index (χ4n) is 3.76. The van der Waals surface area contributed by atoms with E-state index < -0.39 is 11.4 Å². The van der Waals surface area contributed by atoms with E-state index in [1.165, 1.54) is 33.9 Å². The van der Waals surface area contributed by atoms with Crippen molar-refractivity contribution in [1.29, 1.82) is 0 Å². The van der Waals surface area contributed by atoms with Crippen LogP contribution < -0.4 is 10.3 Å². The van der Waals surface area contributed by atoms with Crippen molar-refractivity contribution in [2.24, 2.45) is 0 Å². The predicted molar refractivity (Wildman–Crippen MR) is 134 cm³/mol. The lowest BCUT2D eigenvalue weighted by molar-refractivity contribution is 0.297. The molecule has 0 fully saturated rings. The van der Waals surface area contributed by atoms with Crippen molar-refractivity contribution < 1.29 is 19.3 Å². The van der Waals surface area contributed by atoms with E-state index in [0.29, 0.717) is 33.3 Å². The predicted octanol–water partition coefficient (Wildman–Crippen LogP) is 4.31. The SMILES string of the molecule is O=c1c(Oc2ccc(-c3ccc(F)cc3O)cc2)c(-n2nncc2CCO)cnn1-c1ccc(Cl)cc1. The Bertz CT molecular complexity index is 1620. The molecule has 0 aliphatic rings. The molecule has 0 radical (unpaired) electrons. The second kappa shape index (κ2) is 10.2. The summed E-state index contributed by atoms with van der Waals surface area (Å²) in [6.45, 7) is -0.142. The third-order valence-corrected chi connectivity index (χ3v) is 5.80. The molecule has 186 valence electrons. The Morgan fingerprint density at radius 1 is 0.973 bits per heavy atom. The van der Waals surface area contributed by atoms with E-state index in [1.807, 2.05) is 0 Å². The maximum absolute atomic E-state index is 13.6. The van der Waals surface area contributed by atoms with Gasteiger partial charge in [-0.15, -0.1) is 5.10 Å². The first-order valence-corrected chi connectivity index (χ1v) is 11.5. The van der Waals surface area contributed by atoms with Crippen LogP contribution in [0.3, 0.4) is 0 Å². The zero-order valence-corrected chi connectivity index (χ0v) is 19.9. The Morgan fingerprint density at radius 2 is 1.73 bits per heavy atom. The molecule has 0 saturated carbocycles. The van der Waals surface area contributed by atoms with Gasteiger partial charge in [0.05, 0.1) is 23.8 Å². The fourth-order valence-corrected chi connectivity index (χ4v) is 3.88. The van der Waals surface area contributed by atoms with Crippen LogP contribution >= 0.6 is 11.6 Å². The van der Waals surface area contributed by atoms with Crippen LogP contribution in [0.25, 0.3) is 22.5 Å². The Kier molecular flexibility index (Phi) is 6.67. The molecule has 0 amide bonds. The lowest BCUT2D eigenvalue weighted by Crippen LogP contribution is -2.24. The number of phenolic OH excluding ortho intramolecular Hbond substituents is 1. The number of aliphatic hydroxyl groups is 1. The number of ether oxygens (including phenoxy) is 1. The topological polar surface area (TPSA) is 115 Å². The van der Waals surface area contributed by atoms with Crippen molar-refractivity contribution in [3.63, 3.8) is 0 Å². The normalized spacial score (nSPS) is 11.0. The number of hydrogen-bond acceptors (Lipinski definition) is 7. The van der Waals surface area contributed by atoms with Crippen molar-refractivity contribution in [3.05, 3.63) is 106 Å². The van der Waals surface area contributed by atoms with Crippen LogP contribution in [0.4, 0.5) is 4.39 Å². The van der Waals surface area contributed by atoms with Crippen LogP contribution in [0.15, 0.2) is 83.9 Å². The molecule has 3 aromatic carbocycles. The van der Waals surface area contributed by atoms with E-state index in [9.17, 15) is 19.4 Å². The molecular weight excluding hydrogens is 501 g/mol. The molecule has 0 aliphatic carbocycles. The highest BCUT2D eigenvalue weighted by molar-refractivity contribution is 6.30. The average molecular weight is 520 g/mol. The van der Waals surface area contributed by atoms with Crippen molar-refractivity contribution in [2.75, 3.05) is 6.61 Å². The first-order valence-electron chi connectivity index (χ1n) is 11.1. The summed E-state index contributed by atoms with van der Waals surface area (Å²) in [5.74, 6) is -0.496. The smallest absolute Gasteiger partial charge is 0.316 e. The standard InChI is InChI=1S/C26H19ClFN5O4/c27-17-3-6-19(7-4-17)33-26(36)25(23(15-30-33)32-20(11-12-34)14-29-31-32)37-21-8-1-16(2-9-21)22-10-5-18(28)13-24(22)35/h1-10,13-15,34-35H,11-12H2.